The molecule has 4 fully saturated rings. The van der Waals surface area contributed by atoms with Gasteiger partial charge in [0.1, 0.15) is 0 Å². The largest absolute Gasteiger partial charge is 0.491 e. The van der Waals surface area contributed by atoms with Gasteiger partial charge in [0.25, 0.3) is 0 Å². The molecule has 2 atom stereocenters. The lowest BCUT2D eigenvalue weighted by atomic mass is 9.64. The van der Waals surface area contributed by atoms with E-state index in [-0.39, 0.29) is 17.4 Å². The fraction of sp³-hybridized carbons (Fsp3) is 0.829. The summed E-state index contributed by atoms with van der Waals surface area (Å²) in [6, 6.07) is 2.89. The Labute approximate surface area is 242 Å². The molecule has 1 aliphatic heterocycles. The first-order chi connectivity index (χ1) is 19.6. The predicted molar refractivity (Wildman–Crippen MR) is 157 cm³/mol. The zero-order valence-electron chi connectivity index (χ0n) is 25.2. The summed E-state index contributed by atoms with van der Waals surface area (Å²) < 4.78 is 45.6. The van der Waals surface area contributed by atoms with E-state index in [2.05, 4.69) is 6.92 Å². The van der Waals surface area contributed by atoms with Crippen LogP contribution in [0.15, 0.2) is 12.1 Å². The second-order valence-corrected chi connectivity index (χ2v) is 13.7. The van der Waals surface area contributed by atoms with Crippen LogP contribution in [0.2, 0.25) is 0 Å². The van der Waals surface area contributed by atoms with E-state index in [1.165, 1.54) is 102 Å². The number of hydrogen-bond donors (Lipinski definition) is 0. The molecule has 4 aliphatic rings. The normalized spacial score (nSPS) is 35.3. The van der Waals surface area contributed by atoms with Gasteiger partial charge in [0.15, 0.2) is 11.5 Å². The summed E-state index contributed by atoms with van der Waals surface area (Å²) in [6.45, 7) is 5.38. The first-order valence-electron chi connectivity index (χ1n) is 16.9. The Morgan fingerprint density at radius 2 is 1.10 bits per heavy atom. The van der Waals surface area contributed by atoms with Crippen LogP contribution in [0.4, 0.5) is 8.78 Å². The van der Waals surface area contributed by atoms with Crippen LogP contribution < -0.4 is 9.47 Å². The summed E-state index contributed by atoms with van der Waals surface area (Å²) in [5.74, 6) is 3.82. The zero-order chi connectivity index (χ0) is 27.9. The Hall–Kier alpha value is -1.36. The molecule has 40 heavy (non-hydrogen) atoms. The number of ether oxygens (including phenoxy) is 3. The van der Waals surface area contributed by atoms with Crippen molar-refractivity contribution in [3.8, 4) is 11.5 Å². The van der Waals surface area contributed by atoms with Gasteiger partial charge in [-0.3, -0.25) is 0 Å². The second-order valence-electron chi connectivity index (χ2n) is 13.7. The molecule has 0 aromatic heterocycles. The van der Waals surface area contributed by atoms with Crippen LogP contribution in [0.1, 0.15) is 117 Å². The molecule has 0 radical (unpaired) electrons. The molecule has 2 unspecified atom stereocenters. The summed E-state index contributed by atoms with van der Waals surface area (Å²) in [4.78, 5) is 0. The van der Waals surface area contributed by atoms with Crippen LogP contribution in [0.5, 0.6) is 11.5 Å². The first kappa shape index (κ1) is 30.1. The minimum Gasteiger partial charge on any atom is -0.491 e. The van der Waals surface area contributed by atoms with Gasteiger partial charge in [-0.25, -0.2) is 0 Å². The van der Waals surface area contributed by atoms with Gasteiger partial charge in [-0.15, -0.1) is 0 Å². The van der Waals surface area contributed by atoms with Crippen molar-refractivity contribution in [1.82, 2.24) is 0 Å². The topological polar surface area (TPSA) is 27.7 Å². The Bertz CT molecular complexity index is 890. The monoisotopic (exact) mass is 560 g/mol. The van der Waals surface area contributed by atoms with Crippen LogP contribution in [-0.4, -0.2) is 25.9 Å². The number of hydrogen-bond acceptors (Lipinski definition) is 3. The van der Waals surface area contributed by atoms with E-state index in [4.69, 9.17) is 14.2 Å². The molecule has 0 spiro atoms. The zero-order valence-corrected chi connectivity index (χ0v) is 25.2. The molecule has 0 amide bonds. The van der Waals surface area contributed by atoms with Crippen molar-refractivity contribution in [1.29, 1.82) is 0 Å². The molecule has 1 saturated heterocycles. The van der Waals surface area contributed by atoms with Crippen molar-refractivity contribution in [2.24, 2.45) is 41.4 Å². The minimum absolute atomic E-state index is 0.0465. The highest BCUT2D eigenvalue weighted by Gasteiger charge is 2.37. The van der Waals surface area contributed by atoms with E-state index >= 15 is 0 Å². The number of rotatable bonds is 10. The van der Waals surface area contributed by atoms with E-state index in [9.17, 15) is 8.78 Å². The number of benzene rings is 1. The van der Waals surface area contributed by atoms with Gasteiger partial charge in [-0.2, -0.15) is 8.78 Å². The molecular weight excluding hydrogens is 506 g/mol. The number of halogens is 2. The van der Waals surface area contributed by atoms with Crippen molar-refractivity contribution in [2.45, 2.75) is 123 Å². The molecule has 3 nitrogen and oxygen atoms in total. The molecule has 226 valence electrons. The fourth-order valence-electron chi connectivity index (χ4n) is 8.86. The summed E-state index contributed by atoms with van der Waals surface area (Å²) >= 11 is 0. The predicted octanol–water partition coefficient (Wildman–Crippen LogP) is 9.76. The highest BCUT2D eigenvalue weighted by Crippen LogP contribution is 2.47. The molecule has 1 aromatic rings. The van der Waals surface area contributed by atoms with Crippen LogP contribution in [0.25, 0.3) is 0 Å². The minimum atomic E-state index is -0.979. The molecule has 0 N–H and O–H groups in total. The summed E-state index contributed by atoms with van der Waals surface area (Å²) in [5.41, 5.74) is 0. The van der Waals surface area contributed by atoms with Gasteiger partial charge in [-0.1, -0.05) is 32.6 Å². The Morgan fingerprint density at radius 1 is 0.625 bits per heavy atom. The second kappa shape index (κ2) is 14.7. The maximum Gasteiger partial charge on any atom is 0.204 e. The smallest absolute Gasteiger partial charge is 0.204 e. The Morgan fingerprint density at radius 3 is 1.57 bits per heavy atom. The van der Waals surface area contributed by atoms with Crippen molar-refractivity contribution in [3.05, 3.63) is 23.8 Å². The third-order valence-electron chi connectivity index (χ3n) is 11.3. The van der Waals surface area contributed by atoms with Gasteiger partial charge >= 0.3 is 0 Å². The van der Waals surface area contributed by atoms with Crippen LogP contribution in [0, 0.1) is 53.1 Å². The molecule has 0 bridgehead atoms. The lowest BCUT2D eigenvalue weighted by Gasteiger charge is -2.43. The molecule has 5 heteroatoms. The SMILES string of the molecule is CCCC1CCC(C2CCC(C3CCC(C4CCC(COc5ccc(OCC)c(F)c5F)CO4)CC3)CC2)CC1. The van der Waals surface area contributed by atoms with E-state index in [0.29, 0.717) is 31.8 Å². The average Bonchev–Trinajstić information content (AvgIpc) is 3.00. The van der Waals surface area contributed by atoms with E-state index in [1.807, 2.05) is 0 Å². The van der Waals surface area contributed by atoms with Gasteiger partial charge < -0.3 is 14.2 Å². The standard InChI is InChI=1S/C35H54F2O3/c1-3-5-24-6-9-26(10-7-24)27-11-13-28(14-12-27)29-15-17-30(18-16-29)31-19-8-25(22-39-31)23-40-33-21-20-32(38-4-2)34(36)35(33)37/h20-21,24-31H,3-19,22-23H2,1-2H3. The van der Waals surface area contributed by atoms with Gasteiger partial charge in [0, 0.05) is 5.92 Å². The van der Waals surface area contributed by atoms with Crippen LogP contribution >= 0.6 is 0 Å². The molecule has 1 heterocycles. The van der Waals surface area contributed by atoms with Gasteiger partial charge in [0.2, 0.25) is 11.6 Å². The fourth-order valence-corrected chi connectivity index (χ4v) is 8.86. The lowest BCUT2D eigenvalue weighted by Crippen LogP contribution is -2.37. The Kier molecular flexibility index (Phi) is 11.1. The Balaban J connectivity index is 0.978. The molecule has 1 aromatic carbocycles. The summed E-state index contributed by atoms with van der Waals surface area (Å²) in [7, 11) is 0. The molecule has 3 saturated carbocycles. The maximum atomic E-state index is 14.3. The third kappa shape index (κ3) is 7.53. The molecular formula is C35H54F2O3. The van der Waals surface area contributed by atoms with Crippen molar-refractivity contribution < 1.29 is 23.0 Å². The van der Waals surface area contributed by atoms with Gasteiger partial charge in [0.05, 0.1) is 25.9 Å². The summed E-state index contributed by atoms with van der Waals surface area (Å²) in [5, 5.41) is 0. The maximum absolute atomic E-state index is 14.3. The highest BCUT2D eigenvalue weighted by atomic mass is 19.2. The van der Waals surface area contributed by atoms with E-state index in [1.54, 1.807) is 6.92 Å². The highest BCUT2D eigenvalue weighted by molar-refractivity contribution is 5.35. The molecule has 5 rings (SSSR count). The van der Waals surface area contributed by atoms with Crippen LogP contribution in [0.3, 0.4) is 0 Å². The van der Waals surface area contributed by atoms with Crippen LogP contribution in [-0.2, 0) is 4.74 Å². The van der Waals surface area contributed by atoms with Crippen molar-refractivity contribution in [3.63, 3.8) is 0 Å². The third-order valence-corrected chi connectivity index (χ3v) is 11.3. The average molecular weight is 561 g/mol. The van der Waals surface area contributed by atoms with Crippen molar-refractivity contribution >= 4 is 0 Å². The van der Waals surface area contributed by atoms with E-state index in [0.717, 1.165) is 42.4 Å². The first-order valence-corrected chi connectivity index (χ1v) is 16.9. The summed E-state index contributed by atoms with van der Waals surface area (Å²) in [6.07, 6.45) is 22.6. The van der Waals surface area contributed by atoms with E-state index < -0.39 is 11.6 Å². The quantitative estimate of drug-likeness (QED) is 0.285. The lowest BCUT2D eigenvalue weighted by molar-refractivity contribution is -0.0677. The molecule has 3 aliphatic carbocycles. The van der Waals surface area contributed by atoms with Crippen molar-refractivity contribution in [2.75, 3.05) is 19.8 Å². The van der Waals surface area contributed by atoms with Gasteiger partial charge in [-0.05, 0) is 132 Å².